The van der Waals surface area contributed by atoms with E-state index >= 15 is 0 Å². The predicted molar refractivity (Wildman–Crippen MR) is 119 cm³/mol. The van der Waals surface area contributed by atoms with Gasteiger partial charge in [-0.05, 0) is 61.4 Å². The predicted octanol–water partition coefficient (Wildman–Crippen LogP) is 5.45. The molecular weight excluding hydrogens is 443 g/mol. The second kappa shape index (κ2) is 9.28. The SMILES string of the molecule is COC(=O)c1c(NC(=O)c2ccc(F)cc2)sc(C(=O)Nc2cccc(Cl)c2C)c1C. The van der Waals surface area contributed by atoms with Gasteiger partial charge in [-0.1, -0.05) is 17.7 Å². The van der Waals surface area contributed by atoms with Gasteiger partial charge in [0.2, 0.25) is 0 Å². The Morgan fingerprint density at radius 2 is 1.65 bits per heavy atom. The smallest absolute Gasteiger partial charge is 0.341 e. The van der Waals surface area contributed by atoms with Gasteiger partial charge in [0.15, 0.2) is 0 Å². The van der Waals surface area contributed by atoms with Crippen LogP contribution in [0, 0.1) is 19.7 Å². The largest absolute Gasteiger partial charge is 0.465 e. The van der Waals surface area contributed by atoms with Gasteiger partial charge in [-0.25, -0.2) is 9.18 Å². The van der Waals surface area contributed by atoms with E-state index in [1.54, 1.807) is 32.0 Å². The van der Waals surface area contributed by atoms with Gasteiger partial charge in [-0.15, -0.1) is 11.3 Å². The summed E-state index contributed by atoms with van der Waals surface area (Å²) in [7, 11) is 1.21. The van der Waals surface area contributed by atoms with Crippen LogP contribution in [0.4, 0.5) is 15.1 Å². The van der Waals surface area contributed by atoms with Gasteiger partial charge < -0.3 is 15.4 Å². The van der Waals surface area contributed by atoms with E-state index in [1.807, 2.05) is 0 Å². The summed E-state index contributed by atoms with van der Waals surface area (Å²) in [5.74, 6) is -2.18. The Morgan fingerprint density at radius 3 is 2.29 bits per heavy atom. The van der Waals surface area contributed by atoms with E-state index in [0.717, 1.165) is 23.5 Å². The standard InChI is InChI=1S/C22H18ClFN2O4S/c1-11-15(23)5-4-6-16(11)25-20(28)18-12(2)17(22(29)30-3)21(31-18)26-19(27)13-7-9-14(24)10-8-13/h4-10H,1-3H3,(H,25,28)(H,26,27). The van der Waals surface area contributed by atoms with Gasteiger partial charge in [0.05, 0.1) is 17.6 Å². The van der Waals surface area contributed by atoms with Crippen LogP contribution >= 0.6 is 22.9 Å². The van der Waals surface area contributed by atoms with E-state index in [-0.39, 0.29) is 21.0 Å². The van der Waals surface area contributed by atoms with Crippen LogP contribution in [0.15, 0.2) is 42.5 Å². The minimum Gasteiger partial charge on any atom is -0.465 e. The number of thiophene rings is 1. The molecule has 1 heterocycles. The van der Waals surface area contributed by atoms with Gasteiger partial charge in [0, 0.05) is 16.3 Å². The third-order valence-electron chi connectivity index (χ3n) is 4.59. The van der Waals surface area contributed by atoms with Crippen molar-refractivity contribution in [1.29, 1.82) is 0 Å². The van der Waals surface area contributed by atoms with Crippen LogP contribution in [0.3, 0.4) is 0 Å². The Bertz CT molecular complexity index is 1170. The maximum Gasteiger partial charge on any atom is 0.341 e. The lowest BCUT2D eigenvalue weighted by molar-refractivity contribution is 0.0601. The topological polar surface area (TPSA) is 84.5 Å². The molecule has 0 aliphatic heterocycles. The third kappa shape index (κ3) is 4.76. The summed E-state index contributed by atoms with van der Waals surface area (Å²) >= 11 is 7.05. The quantitative estimate of drug-likeness (QED) is 0.496. The van der Waals surface area contributed by atoms with E-state index < -0.39 is 23.6 Å². The maximum atomic E-state index is 13.1. The fourth-order valence-electron chi connectivity index (χ4n) is 2.86. The number of anilines is 2. The van der Waals surface area contributed by atoms with Crippen molar-refractivity contribution < 1.29 is 23.5 Å². The molecule has 6 nitrogen and oxygen atoms in total. The minimum absolute atomic E-state index is 0.0796. The molecule has 0 spiro atoms. The van der Waals surface area contributed by atoms with Crippen LogP contribution in [0.1, 0.15) is 41.5 Å². The van der Waals surface area contributed by atoms with E-state index in [9.17, 15) is 18.8 Å². The minimum atomic E-state index is -0.693. The molecule has 0 unspecified atom stereocenters. The summed E-state index contributed by atoms with van der Waals surface area (Å²) in [6.07, 6.45) is 0. The summed E-state index contributed by atoms with van der Waals surface area (Å²) in [5, 5.41) is 6.06. The lowest BCUT2D eigenvalue weighted by Gasteiger charge is -2.09. The van der Waals surface area contributed by atoms with Crippen molar-refractivity contribution in [2.45, 2.75) is 13.8 Å². The first-order valence-electron chi connectivity index (χ1n) is 9.08. The summed E-state index contributed by atoms with van der Waals surface area (Å²) in [6, 6.07) is 10.1. The van der Waals surface area contributed by atoms with E-state index in [4.69, 9.17) is 16.3 Å². The van der Waals surface area contributed by atoms with Crippen molar-refractivity contribution >= 4 is 51.4 Å². The van der Waals surface area contributed by atoms with Gasteiger partial charge in [0.1, 0.15) is 10.8 Å². The molecule has 2 aromatic carbocycles. The van der Waals surface area contributed by atoms with Crippen molar-refractivity contribution in [3.05, 3.63) is 80.4 Å². The zero-order valence-corrected chi connectivity index (χ0v) is 18.4. The highest BCUT2D eigenvalue weighted by atomic mass is 35.5. The zero-order chi connectivity index (χ0) is 22.7. The fraction of sp³-hybridized carbons (Fsp3) is 0.136. The third-order valence-corrected chi connectivity index (χ3v) is 6.21. The molecule has 3 aromatic rings. The number of esters is 1. The molecule has 0 radical (unpaired) electrons. The number of halogens is 2. The Kier molecular flexibility index (Phi) is 6.72. The highest BCUT2D eigenvalue weighted by molar-refractivity contribution is 7.19. The molecule has 1 aromatic heterocycles. The summed E-state index contributed by atoms with van der Waals surface area (Å²) in [5.41, 5.74) is 1.87. The number of ether oxygens (including phenoxy) is 1. The number of amides is 2. The zero-order valence-electron chi connectivity index (χ0n) is 16.8. The number of methoxy groups -OCH3 is 1. The normalized spacial score (nSPS) is 10.5. The molecule has 0 atom stereocenters. The molecule has 0 fully saturated rings. The molecule has 0 aliphatic rings. The van der Waals surface area contributed by atoms with Crippen LogP contribution in [0.2, 0.25) is 5.02 Å². The lowest BCUT2D eigenvalue weighted by atomic mass is 10.1. The molecule has 9 heteroatoms. The number of carbonyl (C=O) groups excluding carboxylic acids is 3. The molecule has 160 valence electrons. The van der Waals surface area contributed by atoms with Crippen LogP contribution in [0.25, 0.3) is 0 Å². The van der Waals surface area contributed by atoms with Crippen LogP contribution in [0.5, 0.6) is 0 Å². The molecule has 0 bridgehead atoms. The number of benzene rings is 2. The van der Waals surface area contributed by atoms with Crippen LogP contribution < -0.4 is 10.6 Å². The van der Waals surface area contributed by atoms with E-state index in [1.165, 1.54) is 19.2 Å². The second-order valence-corrected chi connectivity index (χ2v) is 8.01. The van der Waals surface area contributed by atoms with Crippen molar-refractivity contribution in [2.24, 2.45) is 0 Å². The summed E-state index contributed by atoms with van der Waals surface area (Å²) < 4.78 is 18.0. The molecule has 31 heavy (non-hydrogen) atoms. The van der Waals surface area contributed by atoms with Crippen LogP contribution in [-0.4, -0.2) is 24.9 Å². The Labute approximate surface area is 187 Å². The first-order valence-corrected chi connectivity index (χ1v) is 10.3. The number of nitrogens with one attached hydrogen (secondary N) is 2. The Balaban J connectivity index is 1.95. The second-order valence-electron chi connectivity index (χ2n) is 6.58. The highest BCUT2D eigenvalue weighted by Gasteiger charge is 2.27. The van der Waals surface area contributed by atoms with Crippen molar-refractivity contribution in [3.8, 4) is 0 Å². The first kappa shape index (κ1) is 22.5. The van der Waals surface area contributed by atoms with Gasteiger partial charge in [0.25, 0.3) is 11.8 Å². The Morgan fingerprint density at radius 1 is 0.968 bits per heavy atom. The molecule has 2 N–H and O–H groups in total. The lowest BCUT2D eigenvalue weighted by Crippen LogP contribution is -2.14. The van der Waals surface area contributed by atoms with Crippen molar-refractivity contribution in [2.75, 3.05) is 17.7 Å². The van der Waals surface area contributed by atoms with E-state index in [2.05, 4.69) is 10.6 Å². The highest BCUT2D eigenvalue weighted by Crippen LogP contribution is 2.35. The summed E-state index contributed by atoms with van der Waals surface area (Å²) in [6.45, 7) is 3.36. The molecule has 2 amide bonds. The number of carbonyl (C=O) groups is 3. The molecular formula is C22H18ClFN2O4S. The first-order chi connectivity index (χ1) is 14.7. The van der Waals surface area contributed by atoms with Gasteiger partial charge >= 0.3 is 5.97 Å². The average molecular weight is 461 g/mol. The van der Waals surface area contributed by atoms with Crippen LogP contribution in [-0.2, 0) is 4.74 Å². The number of hydrogen-bond acceptors (Lipinski definition) is 5. The Hall–Kier alpha value is -3.23. The van der Waals surface area contributed by atoms with Crippen molar-refractivity contribution in [1.82, 2.24) is 0 Å². The summed E-state index contributed by atoms with van der Waals surface area (Å²) in [4.78, 5) is 38.1. The maximum absolute atomic E-state index is 13.1. The fourth-order valence-corrected chi connectivity index (χ4v) is 4.12. The molecule has 0 aliphatic carbocycles. The monoisotopic (exact) mass is 460 g/mol. The van der Waals surface area contributed by atoms with Gasteiger partial charge in [-0.2, -0.15) is 0 Å². The van der Waals surface area contributed by atoms with Crippen molar-refractivity contribution in [3.63, 3.8) is 0 Å². The molecule has 3 rings (SSSR count). The average Bonchev–Trinajstić information content (AvgIpc) is 3.07. The molecule has 0 saturated heterocycles. The molecule has 0 saturated carbocycles. The van der Waals surface area contributed by atoms with Gasteiger partial charge in [-0.3, -0.25) is 9.59 Å². The van der Waals surface area contributed by atoms with E-state index in [0.29, 0.717) is 21.8 Å². The number of rotatable bonds is 5. The number of hydrogen-bond donors (Lipinski definition) is 2.